The summed E-state index contributed by atoms with van der Waals surface area (Å²) in [4.78, 5) is 18.5. The summed E-state index contributed by atoms with van der Waals surface area (Å²) in [5.41, 5.74) is 0.500. The van der Waals surface area contributed by atoms with Gasteiger partial charge >= 0.3 is 6.09 Å². The number of amides is 1. The zero-order valence-corrected chi connectivity index (χ0v) is 12.7. The van der Waals surface area contributed by atoms with Gasteiger partial charge in [-0.25, -0.2) is 9.78 Å². The molecule has 0 aromatic carbocycles. The van der Waals surface area contributed by atoms with E-state index in [4.69, 9.17) is 4.74 Å². The minimum Gasteiger partial charge on any atom is -0.444 e. The van der Waals surface area contributed by atoms with E-state index >= 15 is 0 Å². The van der Waals surface area contributed by atoms with Crippen LogP contribution in [0.4, 0.5) is 9.93 Å². The lowest BCUT2D eigenvalue weighted by atomic mass is 10.2. The Hall–Kier alpha value is -1.30. The van der Waals surface area contributed by atoms with Gasteiger partial charge in [-0.15, -0.1) is 11.3 Å². The first-order valence-corrected chi connectivity index (χ1v) is 7.41. The Labute approximate surface area is 118 Å². The van der Waals surface area contributed by atoms with Crippen LogP contribution < -0.4 is 5.32 Å². The monoisotopic (exact) mass is 283 g/mol. The largest absolute Gasteiger partial charge is 0.444 e. The Morgan fingerprint density at radius 1 is 1.58 bits per heavy atom. The molecular weight excluding hydrogens is 262 g/mol. The summed E-state index contributed by atoms with van der Waals surface area (Å²) >= 11 is 1.56. The number of hydrogen-bond donors (Lipinski definition) is 1. The van der Waals surface area contributed by atoms with Gasteiger partial charge in [0.2, 0.25) is 0 Å². The highest BCUT2D eigenvalue weighted by atomic mass is 32.1. The second-order valence-corrected chi connectivity index (χ2v) is 6.52. The standard InChI is InChI=1S/C13H21N3O2S/c1-13(2,3)18-12(17)16-7-5-6-10(16)9-8-19-11(14-4)15-9/h8,10H,5-7H2,1-4H3,(H,14,15)/t10-/m1/s1. The van der Waals surface area contributed by atoms with Crippen LogP contribution in [-0.2, 0) is 4.74 Å². The van der Waals surface area contributed by atoms with Crippen molar-refractivity contribution in [2.24, 2.45) is 0 Å². The van der Waals surface area contributed by atoms with Crippen LogP contribution in [0.3, 0.4) is 0 Å². The van der Waals surface area contributed by atoms with Gasteiger partial charge in [-0.05, 0) is 33.6 Å². The SMILES string of the molecule is CNc1nc([C@H]2CCCN2C(=O)OC(C)(C)C)cs1. The number of ether oxygens (including phenoxy) is 1. The molecule has 0 aliphatic carbocycles. The van der Waals surface area contributed by atoms with Crippen molar-refractivity contribution in [2.75, 3.05) is 18.9 Å². The van der Waals surface area contributed by atoms with Gasteiger partial charge in [-0.2, -0.15) is 0 Å². The minimum atomic E-state index is -0.456. The molecule has 1 aliphatic rings. The van der Waals surface area contributed by atoms with Gasteiger partial charge in [-0.3, -0.25) is 4.90 Å². The lowest BCUT2D eigenvalue weighted by molar-refractivity contribution is 0.0222. The Bertz CT molecular complexity index is 453. The van der Waals surface area contributed by atoms with Gasteiger partial charge in [0.05, 0.1) is 11.7 Å². The van der Waals surface area contributed by atoms with Crippen molar-refractivity contribution < 1.29 is 9.53 Å². The van der Waals surface area contributed by atoms with Crippen molar-refractivity contribution >= 4 is 22.6 Å². The Morgan fingerprint density at radius 3 is 2.89 bits per heavy atom. The number of rotatable bonds is 2. The molecule has 5 nitrogen and oxygen atoms in total. The maximum Gasteiger partial charge on any atom is 0.410 e. The van der Waals surface area contributed by atoms with E-state index in [0.717, 1.165) is 30.2 Å². The number of likely N-dealkylation sites (tertiary alicyclic amines) is 1. The van der Waals surface area contributed by atoms with Crippen molar-refractivity contribution in [3.05, 3.63) is 11.1 Å². The smallest absolute Gasteiger partial charge is 0.410 e. The maximum absolute atomic E-state index is 12.2. The van der Waals surface area contributed by atoms with Crippen LogP contribution in [0.2, 0.25) is 0 Å². The van der Waals surface area contributed by atoms with E-state index < -0.39 is 5.60 Å². The van der Waals surface area contributed by atoms with Gasteiger partial charge in [0.25, 0.3) is 0 Å². The van der Waals surface area contributed by atoms with Crippen LogP contribution in [-0.4, -0.2) is 35.2 Å². The highest BCUT2D eigenvalue weighted by Crippen LogP contribution is 2.34. The van der Waals surface area contributed by atoms with E-state index in [9.17, 15) is 4.79 Å². The lowest BCUT2D eigenvalue weighted by Crippen LogP contribution is -2.36. The van der Waals surface area contributed by atoms with Crippen molar-refractivity contribution in [3.8, 4) is 0 Å². The molecule has 106 valence electrons. The summed E-state index contributed by atoms with van der Waals surface area (Å²) < 4.78 is 5.45. The number of carbonyl (C=O) groups is 1. The number of carbonyl (C=O) groups excluding carboxylic acids is 1. The first kappa shape index (κ1) is 14.1. The normalized spacial score (nSPS) is 19.6. The summed E-state index contributed by atoms with van der Waals surface area (Å²) in [7, 11) is 1.85. The molecule has 19 heavy (non-hydrogen) atoms. The van der Waals surface area contributed by atoms with Crippen LogP contribution in [0.5, 0.6) is 0 Å². The molecule has 1 atom stereocenters. The number of nitrogens with one attached hydrogen (secondary N) is 1. The van der Waals surface area contributed by atoms with Gasteiger partial charge < -0.3 is 10.1 Å². The van der Waals surface area contributed by atoms with Crippen LogP contribution in [0.25, 0.3) is 0 Å². The molecule has 1 aromatic heterocycles. The van der Waals surface area contributed by atoms with Crippen molar-refractivity contribution in [1.82, 2.24) is 9.88 Å². The second kappa shape index (κ2) is 5.36. The van der Waals surface area contributed by atoms with E-state index in [1.54, 1.807) is 16.2 Å². The average Bonchev–Trinajstić information content (AvgIpc) is 2.95. The third-order valence-electron chi connectivity index (χ3n) is 2.96. The third-order valence-corrected chi connectivity index (χ3v) is 3.84. The van der Waals surface area contributed by atoms with E-state index in [2.05, 4.69) is 10.3 Å². The van der Waals surface area contributed by atoms with Crippen LogP contribution in [0.15, 0.2) is 5.38 Å². The van der Waals surface area contributed by atoms with E-state index in [0.29, 0.717) is 0 Å². The van der Waals surface area contributed by atoms with Gasteiger partial charge in [0, 0.05) is 19.0 Å². The first-order valence-electron chi connectivity index (χ1n) is 6.53. The van der Waals surface area contributed by atoms with E-state index in [1.165, 1.54) is 0 Å². The summed E-state index contributed by atoms with van der Waals surface area (Å²) in [5.74, 6) is 0. The molecular formula is C13H21N3O2S. The summed E-state index contributed by atoms with van der Waals surface area (Å²) in [6.07, 6.45) is 1.71. The topological polar surface area (TPSA) is 54.5 Å². The molecule has 0 saturated carbocycles. The highest BCUT2D eigenvalue weighted by Gasteiger charge is 2.34. The van der Waals surface area contributed by atoms with Crippen molar-refractivity contribution in [3.63, 3.8) is 0 Å². The molecule has 1 N–H and O–H groups in total. The molecule has 2 rings (SSSR count). The van der Waals surface area contributed by atoms with Crippen molar-refractivity contribution in [2.45, 2.75) is 45.3 Å². The molecule has 1 aliphatic heterocycles. The molecule has 0 radical (unpaired) electrons. The number of anilines is 1. The van der Waals surface area contributed by atoms with Gasteiger partial charge in [0.1, 0.15) is 5.60 Å². The molecule has 1 amide bonds. The number of nitrogens with zero attached hydrogens (tertiary/aromatic N) is 2. The zero-order chi connectivity index (χ0) is 14.0. The fourth-order valence-corrected chi connectivity index (χ4v) is 2.89. The lowest BCUT2D eigenvalue weighted by Gasteiger charge is -2.27. The summed E-state index contributed by atoms with van der Waals surface area (Å²) in [6.45, 7) is 6.40. The molecule has 2 heterocycles. The molecule has 1 aromatic rings. The van der Waals surface area contributed by atoms with Gasteiger partial charge in [0.15, 0.2) is 5.13 Å². The number of thiazole rings is 1. The van der Waals surface area contributed by atoms with Crippen LogP contribution in [0.1, 0.15) is 45.3 Å². The second-order valence-electron chi connectivity index (χ2n) is 5.66. The average molecular weight is 283 g/mol. The molecule has 0 bridgehead atoms. The number of aromatic nitrogens is 1. The summed E-state index contributed by atoms with van der Waals surface area (Å²) in [6, 6.07) is 0.0493. The van der Waals surface area contributed by atoms with Gasteiger partial charge in [-0.1, -0.05) is 0 Å². The molecule has 0 spiro atoms. The quantitative estimate of drug-likeness (QED) is 0.905. The van der Waals surface area contributed by atoms with E-state index in [1.807, 2.05) is 33.2 Å². The minimum absolute atomic E-state index is 0.0493. The fourth-order valence-electron chi connectivity index (χ4n) is 2.17. The molecule has 1 fully saturated rings. The fraction of sp³-hybridized carbons (Fsp3) is 0.692. The Balaban J connectivity index is 2.10. The molecule has 1 saturated heterocycles. The van der Waals surface area contributed by atoms with E-state index in [-0.39, 0.29) is 12.1 Å². The Kier molecular flexibility index (Phi) is 3.99. The summed E-state index contributed by atoms with van der Waals surface area (Å²) in [5, 5.41) is 5.92. The molecule has 0 unspecified atom stereocenters. The third kappa shape index (κ3) is 3.37. The predicted octanol–water partition coefficient (Wildman–Crippen LogP) is 3.26. The Morgan fingerprint density at radius 2 is 2.32 bits per heavy atom. The maximum atomic E-state index is 12.2. The van der Waals surface area contributed by atoms with Crippen LogP contribution in [0, 0.1) is 0 Å². The zero-order valence-electron chi connectivity index (χ0n) is 11.9. The van der Waals surface area contributed by atoms with Crippen LogP contribution >= 0.6 is 11.3 Å². The molecule has 6 heteroatoms. The van der Waals surface area contributed by atoms with Crippen molar-refractivity contribution in [1.29, 1.82) is 0 Å². The predicted molar refractivity (Wildman–Crippen MR) is 76.6 cm³/mol. The first-order chi connectivity index (χ1) is 8.90. The highest BCUT2D eigenvalue weighted by molar-refractivity contribution is 7.13. The number of hydrogen-bond acceptors (Lipinski definition) is 5.